The Kier molecular flexibility index (Phi) is 3.81. The van der Waals surface area contributed by atoms with Crippen LogP contribution in [-0.4, -0.2) is 25.4 Å². The van der Waals surface area contributed by atoms with E-state index in [-0.39, 0.29) is 11.9 Å². The van der Waals surface area contributed by atoms with Crippen molar-refractivity contribution in [3.63, 3.8) is 0 Å². The molecule has 0 amide bonds. The van der Waals surface area contributed by atoms with E-state index < -0.39 is 10.0 Å². The van der Waals surface area contributed by atoms with Gasteiger partial charge >= 0.3 is 0 Å². The van der Waals surface area contributed by atoms with Crippen LogP contribution in [0, 0.1) is 11.8 Å². The van der Waals surface area contributed by atoms with Gasteiger partial charge in [-0.2, -0.15) is 0 Å². The largest absolute Gasteiger partial charge is 0.384 e. The molecule has 4 nitrogen and oxygen atoms in total. The molecule has 1 aromatic carbocycles. The van der Waals surface area contributed by atoms with Crippen LogP contribution in [0.3, 0.4) is 0 Å². The van der Waals surface area contributed by atoms with Crippen LogP contribution in [-0.2, 0) is 10.0 Å². The summed E-state index contributed by atoms with van der Waals surface area (Å²) in [6, 6.07) is 4.73. The number of halogens is 1. The number of aliphatic hydroxyl groups excluding tert-OH is 1. The second-order valence-corrected chi connectivity index (χ2v) is 6.39. The van der Waals surface area contributed by atoms with Gasteiger partial charge in [0.15, 0.2) is 0 Å². The highest BCUT2D eigenvalue weighted by Gasteiger charge is 2.35. The molecular weight excluding hydrogens is 274 g/mol. The molecule has 0 spiro atoms. The van der Waals surface area contributed by atoms with Crippen LogP contribution in [0.4, 0.5) is 5.69 Å². The summed E-state index contributed by atoms with van der Waals surface area (Å²) < 4.78 is 26.2. The Morgan fingerprint density at radius 2 is 2.17 bits per heavy atom. The van der Waals surface area contributed by atoms with Crippen LogP contribution in [0.5, 0.6) is 0 Å². The van der Waals surface area contributed by atoms with Crippen LogP contribution in [0.15, 0.2) is 18.2 Å². The number of anilines is 1. The van der Waals surface area contributed by atoms with Crippen molar-refractivity contribution in [2.45, 2.75) is 18.1 Å². The van der Waals surface area contributed by atoms with E-state index in [0.717, 1.165) is 0 Å². The molecule has 18 heavy (non-hydrogen) atoms. The van der Waals surface area contributed by atoms with E-state index in [1.807, 2.05) is 0 Å². The SMILES string of the molecule is O=S(=O)(Nc1ccc(Cl)cc1C#CCO)C1CC1. The number of hydrogen-bond donors (Lipinski definition) is 2. The van der Waals surface area contributed by atoms with Gasteiger partial charge in [0.1, 0.15) is 6.61 Å². The van der Waals surface area contributed by atoms with Crippen molar-refractivity contribution in [1.29, 1.82) is 0 Å². The number of sulfonamides is 1. The maximum atomic E-state index is 11.8. The van der Waals surface area contributed by atoms with Crippen molar-refractivity contribution in [2.75, 3.05) is 11.3 Å². The van der Waals surface area contributed by atoms with Crippen LogP contribution in [0.1, 0.15) is 18.4 Å². The molecule has 2 N–H and O–H groups in total. The Hall–Kier alpha value is -1.22. The minimum Gasteiger partial charge on any atom is -0.384 e. The fraction of sp³-hybridized carbons (Fsp3) is 0.333. The van der Waals surface area contributed by atoms with E-state index in [9.17, 15) is 8.42 Å². The third-order valence-corrected chi connectivity index (χ3v) is 4.59. The molecular formula is C12H12ClNO3S. The molecule has 0 bridgehead atoms. The summed E-state index contributed by atoms with van der Waals surface area (Å²) >= 11 is 5.83. The number of aliphatic hydroxyl groups is 1. The first-order chi connectivity index (χ1) is 8.53. The minimum absolute atomic E-state index is 0.290. The fourth-order valence-corrected chi connectivity index (χ4v) is 3.04. The Morgan fingerprint density at radius 1 is 1.44 bits per heavy atom. The highest BCUT2D eigenvalue weighted by Crippen LogP contribution is 2.31. The van der Waals surface area contributed by atoms with Gasteiger partial charge in [-0.25, -0.2) is 8.42 Å². The lowest BCUT2D eigenvalue weighted by Gasteiger charge is -2.09. The zero-order valence-electron chi connectivity index (χ0n) is 9.48. The second kappa shape index (κ2) is 5.19. The summed E-state index contributed by atoms with van der Waals surface area (Å²) in [6.45, 7) is -0.290. The summed E-state index contributed by atoms with van der Waals surface area (Å²) in [5.41, 5.74) is 0.855. The molecule has 1 aliphatic rings. The Labute approximate surface area is 111 Å². The van der Waals surface area contributed by atoms with Gasteiger partial charge in [-0.15, -0.1) is 0 Å². The maximum Gasteiger partial charge on any atom is 0.235 e. The van der Waals surface area contributed by atoms with Gasteiger partial charge in [0.25, 0.3) is 0 Å². The van der Waals surface area contributed by atoms with E-state index in [4.69, 9.17) is 16.7 Å². The van der Waals surface area contributed by atoms with E-state index >= 15 is 0 Å². The van der Waals surface area contributed by atoms with Gasteiger partial charge < -0.3 is 5.11 Å². The molecule has 0 radical (unpaired) electrons. The molecule has 0 heterocycles. The van der Waals surface area contributed by atoms with Crippen molar-refractivity contribution in [2.24, 2.45) is 0 Å². The van der Waals surface area contributed by atoms with Crippen LogP contribution in [0.2, 0.25) is 5.02 Å². The zero-order valence-corrected chi connectivity index (χ0v) is 11.1. The normalized spacial score (nSPS) is 14.8. The molecule has 1 saturated carbocycles. The number of nitrogens with one attached hydrogen (secondary N) is 1. The standard InChI is InChI=1S/C12H12ClNO3S/c13-10-3-6-12(9(8-10)2-1-7-15)14-18(16,17)11-4-5-11/h3,6,8,11,14-15H,4-5,7H2. The molecule has 0 unspecified atom stereocenters. The molecule has 1 aromatic rings. The number of rotatable bonds is 3. The van der Waals surface area contributed by atoms with Crippen LogP contribution in [0.25, 0.3) is 0 Å². The smallest absolute Gasteiger partial charge is 0.235 e. The summed E-state index contributed by atoms with van der Waals surface area (Å²) in [7, 11) is -3.32. The summed E-state index contributed by atoms with van der Waals surface area (Å²) in [5, 5.41) is 8.84. The average molecular weight is 286 g/mol. The van der Waals surface area contributed by atoms with Crippen molar-refractivity contribution in [1.82, 2.24) is 0 Å². The third-order valence-electron chi connectivity index (χ3n) is 2.50. The van der Waals surface area contributed by atoms with Gasteiger partial charge in [-0.3, -0.25) is 4.72 Å². The lowest BCUT2D eigenvalue weighted by molar-refractivity contribution is 0.350. The predicted octanol–water partition coefficient (Wildman–Crippen LogP) is 1.59. The summed E-state index contributed by atoms with van der Waals surface area (Å²) in [4.78, 5) is 0. The van der Waals surface area contributed by atoms with E-state index in [1.54, 1.807) is 18.2 Å². The van der Waals surface area contributed by atoms with Crippen LogP contribution < -0.4 is 4.72 Å². The van der Waals surface area contributed by atoms with Crippen molar-refractivity contribution in [3.8, 4) is 11.8 Å². The quantitative estimate of drug-likeness (QED) is 0.829. The predicted molar refractivity (Wildman–Crippen MR) is 71.0 cm³/mol. The lowest BCUT2D eigenvalue weighted by atomic mass is 10.2. The van der Waals surface area contributed by atoms with E-state index in [0.29, 0.717) is 29.1 Å². The molecule has 1 fully saturated rings. The Balaban J connectivity index is 2.32. The molecule has 6 heteroatoms. The maximum absolute atomic E-state index is 11.8. The number of benzene rings is 1. The second-order valence-electron chi connectivity index (χ2n) is 4.00. The van der Waals surface area contributed by atoms with Gasteiger partial charge in [0, 0.05) is 5.02 Å². The minimum atomic E-state index is -3.32. The van der Waals surface area contributed by atoms with Gasteiger partial charge in [-0.1, -0.05) is 23.4 Å². The van der Waals surface area contributed by atoms with Crippen molar-refractivity contribution < 1.29 is 13.5 Å². The molecule has 2 rings (SSSR count). The van der Waals surface area contributed by atoms with Crippen molar-refractivity contribution in [3.05, 3.63) is 28.8 Å². The van der Waals surface area contributed by atoms with Gasteiger partial charge in [-0.05, 0) is 31.0 Å². The molecule has 0 atom stereocenters. The summed E-state index contributed by atoms with van der Waals surface area (Å²) in [6.07, 6.45) is 1.39. The summed E-state index contributed by atoms with van der Waals surface area (Å²) in [5.74, 6) is 5.15. The highest BCUT2D eigenvalue weighted by molar-refractivity contribution is 7.93. The van der Waals surface area contributed by atoms with Gasteiger partial charge in [0.05, 0.1) is 16.5 Å². The molecule has 0 saturated heterocycles. The molecule has 0 aliphatic heterocycles. The zero-order chi connectivity index (χ0) is 13.2. The third kappa shape index (κ3) is 3.16. The van der Waals surface area contributed by atoms with E-state index in [1.165, 1.54) is 0 Å². The Bertz CT molecular complexity index is 612. The topological polar surface area (TPSA) is 66.4 Å². The monoisotopic (exact) mass is 285 g/mol. The number of hydrogen-bond acceptors (Lipinski definition) is 3. The molecule has 0 aromatic heterocycles. The van der Waals surface area contributed by atoms with Gasteiger partial charge in [0.2, 0.25) is 10.0 Å². The Morgan fingerprint density at radius 3 is 2.78 bits per heavy atom. The van der Waals surface area contributed by atoms with E-state index in [2.05, 4.69) is 16.6 Å². The van der Waals surface area contributed by atoms with Crippen molar-refractivity contribution >= 4 is 27.3 Å². The first kappa shape index (κ1) is 13.2. The first-order valence-electron chi connectivity index (χ1n) is 5.44. The highest BCUT2D eigenvalue weighted by atomic mass is 35.5. The lowest BCUT2D eigenvalue weighted by Crippen LogP contribution is -2.18. The molecule has 96 valence electrons. The molecule has 1 aliphatic carbocycles. The average Bonchev–Trinajstić information content (AvgIpc) is 3.13. The fourth-order valence-electron chi connectivity index (χ4n) is 1.46. The van der Waals surface area contributed by atoms with Crippen LogP contribution >= 0.6 is 11.6 Å². The first-order valence-corrected chi connectivity index (χ1v) is 7.36.